The Balaban J connectivity index is 2.45. The van der Waals surface area contributed by atoms with Gasteiger partial charge >= 0.3 is 222 Å². The zero-order chi connectivity index (χ0) is 26.3. The number of hydrogen-bond donors (Lipinski definition) is 0. The number of rotatable bonds is 14. The summed E-state index contributed by atoms with van der Waals surface area (Å²) >= 11 is -2.69. The molecule has 0 aromatic rings. The van der Waals surface area contributed by atoms with Crippen LogP contribution in [0.3, 0.4) is 0 Å². The van der Waals surface area contributed by atoms with E-state index in [1.807, 2.05) is 6.92 Å². The van der Waals surface area contributed by atoms with Crippen LogP contribution in [-0.2, 0) is 23.4 Å². The molecule has 0 bridgehead atoms. The fraction of sp³-hybridized carbons (Fsp3) is 0.893. The number of esters is 1. The summed E-state index contributed by atoms with van der Waals surface area (Å²) in [6, 6.07) is 0. The molecule has 0 N–H and O–H groups in total. The topological polar surface area (TPSA) is 54.0 Å². The molecule has 0 unspecified atom stereocenters. The van der Waals surface area contributed by atoms with Gasteiger partial charge in [0.25, 0.3) is 0 Å². The molecule has 0 saturated carbocycles. The number of carbonyl (C=O) groups is 1. The van der Waals surface area contributed by atoms with Crippen molar-refractivity contribution in [2.75, 3.05) is 6.61 Å². The Morgan fingerprint density at radius 1 is 1.00 bits per heavy atom. The van der Waals surface area contributed by atoms with E-state index in [4.69, 9.17) is 18.6 Å². The summed E-state index contributed by atoms with van der Waals surface area (Å²) in [5.41, 5.74) is 0.936. The molecule has 0 aromatic heterocycles. The Bertz CT molecular complexity index is 680. The predicted molar refractivity (Wildman–Crippen MR) is 150 cm³/mol. The SMILES string of the molecule is CCC[CH2][Sn](/[CH]=C1\C(=O)O[C@@H]2[C@@H](O[Si](C)(C)C(C)(C)C)O[C@H](OCC)C[C@H]12)([CH2]CCC)[CH2]CCC. The number of unbranched alkanes of at least 4 members (excludes halogenated alkanes) is 3. The van der Waals surface area contributed by atoms with Crippen molar-refractivity contribution in [3.8, 4) is 0 Å². The standard InChI is InChI=1S/C16H27O5Si.3C4H9.Sn/c1-8-18-12-9-11-10(2)14(17)20-13(11)15(19-12)21-22(6,7)16(3,4)5;3*1-3-4-2;/h2,11-13,15H,8-9H2,1,3-7H3;3*1,3-4H2,2H3;/t11-,12+,13+,15-;;;;/m1..../s1. The third-order valence-corrected chi connectivity index (χ3v) is 27.0. The second-order valence-corrected chi connectivity index (χ2v) is 29.9. The van der Waals surface area contributed by atoms with Gasteiger partial charge in [-0.05, 0) is 0 Å². The summed E-state index contributed by atoms with van der Waals surface area (Å²) < 4.78 is 31.6. The summed E-state index contributed by atoms with van der Waals surface area (Å²) in [5, 5.41) is 0.0394. The molecule has 204 valence electrons. The Labute approximate surface area is 221 Å². The first-order valence-electron chi connectivity index (χ1n) is 14.3. The number of fused-ring (bicyclic) bond motifs is 1. The zero-order valence-electron chi connectivity index (χ0n) is 24.2. The molecular formula is C28H54O5SiSn. The van der Waals surface area contributed by atoms with Gasteiger partial charge in [0.1, 0.15) is 0 Å². The zero-order valence-corrected chi connectivity index (χ0v) is 28.1. The van der Waals surface area contributed by atoms with E-state index in [-0.39, 0.29) is 29.3 Å². The second kappa shape index (κ2) is 13.8. The minimum absolute atomic E-state index is 0.00326. The van der Waals surface area contributed by atoms with Crippen molar-refractivity contribution >= 4 is 32.7 Å². The van der Waals surface area contributed by atoms with Crippen LogP contribution in [0.2, 0.25) is 31.4 Å². The van der Waals surface area contributed by atoms with E-state index in [2.05, 4.69) is 58.7 Å². The molecule has 0 spiro atoms. The molecule has 35 heavy (non-hydrogen) atoms. The van der Waals surface area contributed by atoms with Crippen molar-refractivity contribution in [2.45, 2.75) is 144 Å². The van der Waals surface area contributed by atoms with Crippen LogP contribution in [0.1, 0.15) is 93.4 Å². The molecule has 4 atom stereocenters. The van der Waals surface area contributed by atoms with E-state index in [0.717, 1.165) is 5.57 Å². The van der Waals surface area contributed by atoms with Crippen LogP contribution in [0.5, 0.6) is 0 Å². The van der Waals surface area contributed by atoms with E-state index in [1.165, 1.54) is 51.8 Å². The van der Waals surface area contributed by atoms with Gasteiger partial charge in [-0.1, -0.05) is 0 Å². The molecule has 2 rings (SSSR count). The first-order chi connectivity index (χ1) is 16.4. The molecule has 2 saturated heterocycles. The number of ether oxygens (including phenoxy) is 3. The molecular weight excluding hydrogens is 563 g/mol. The van der Waals surface area contributed by atoms with Gasteiger partial charge in [0.15, 0.2) is 0 Å². The summed E-state index contributed by atoms with van der Waals surface area (Å²) in [4.78, 5) is 13.4. The molecule has 0 amide bonds. The summed E-state index contributed by atoms with van der Waals surface area (Å²) in [6.45, 7) is 20.6. The normalized spacial score (nSPS) is 26.8. The summed E-state index contributed by atoms with van der Waals surface area (Å²) in [7, 11) is -2.13. The third kappa shape index (κ3) is 8.29. The summed E-state index contributed by atoms with van der Waals surface area (Å²) in [5.74, 6) is -0.126. The van der Waals surface area contributed by atoms with Gasteiger partial charge in [0, 0.05) is 0 Å². The molecule has 2 fully saturated rings. The first kappa shape index (κ1) is 31.3. The quantitative estimate of drug-likeness (QED) is 0.112. The number of hydrogen-bond acceptors (Lipinski definition) is 5. The molecule has 0 aliphatic carbocycles. The Kier molecular flexibility index (Phi) is 12.3. The van der Waals surface area contributed by atoms with Crippen LogP contribution < -0.4 is 0 Å². The molecule has 2 aliphatic rings. The first-order valence-corrected chi connectivity index (χ1v) is 24.9. The van der Waals surface area contributed by atoms with Crippen molar-refractivity contribution < 1.29 is 23.4 Å². The van der Waals surface area contributed by atoms with Crippen LogP contribution in [0.4, 0.5) is 0 Å². The van der Waals surface area contributed by atoms with Crippen LogP contribution in [-0.4, -0.2) is 58.0 Å². The summed E-state index contributed by atoms with van der Waals surface area (Å²) in [6.07, 6.45) is 6.87. The van der Waals surface area contributed by atoms with Crippen LogP contribution >= 0.6 is 0 Å². The van der Waals surface area contributed by atoms with E-state index >= 15 is 0 Å². The van der Waals surface area contributed by atoms with Crippen LogP contribution in [0.15, 0.2) is 9.67 Å². The molecule has 2 aliphatic heterocycles. The molecule has 7 heteroatoms. The molecule has 2 heterocycles. The maximum absolute atomic E-state index is 13.4. The monoisotopic (exact) mass is 618 g/mol. The van der Waals surface area contributed by atoms with Gasteiger partial charge in [0.2, 0.25) is 0 Å². The molecule has 0 aromatic carbocycles. The van der Waals surface area contributed by atoms with Gasteiger partial charge in [-0.15, -0.1) is 0 Å². The fourth-order valence-electron chi connectivity index (χ4n) is 5.13. The van der Waals surface area contributed by atoms with Crippen molar-refractivity contribution in [1.29, 1.82) is 0 Å². The van der Waals surface area contributed by atoms with E-state index < -0.39 is 33.0 Å². The van der Waals surface area contributed by atoms with E-state index in [1.54, 1.807) is 0 Å². The minimum atomic E-state index is -2.69. The van der Waals surface area contributed by atoms with Crippen LogP contribution in [0, 0.1) is 5.92 Å². The van der Waals surface area contributed by atoms with E-state index in [9.17, 15) is 4.79 Å². The van der Waals surface area contributed by atoms with Gasteiger partial charge in [0.05, 0.1) is 0 Å². The van der Waals surface area contributed by atoms with Gasteiger partial charge in [-0.2, -0.15) is 0 Å². The average Bonchev–Trinajstić information content (AvgIpc) is 3.09. The average molecular weight is 618 g/mol. The number of carbonyl (C=O) groups excluding carboxylic acids is 1. The van der Waals surface area contributed by atoms with Gasteiger partial charge in [-0.3, -0.25) is 0 Å². The Morgan fingerprint density at radius 2 is 1.54 bits per heavy atom. The maximum atomic E-state index is 13.4. The second-order valence-electron chi connectivity index (χ2n) is 12.3. The van der Waals surface area contributed by atoms with Crippen molar-refractivity contribution in [3.63, 3.8) is 0 Å². The van der Waals surface area contributed by atoms with Gasteiger partial charge < -0.3 is 0 Å². The predicted octanol–water partition coefficient (Wildman–Crippen LogP) is 7.97. The Morgan fingerprint density at radius 3 is 2.00 bits per heavy atom. The van der Waals surface area contributed by atoms with Crippen molar-refractivity contribution in [2.24, 2.45) is 5.92 Å². The Hall–Kier alpha value is 0.106. The third-order valence-electron chi connectivity index (χ3n) is 8.39. The van der Waals surface area contributed by atoms with Gasteiger partial charge in [-0.25, -0.2) is 0 Å². The fourth-order valence-corrected chi connectivity index (χ4v) is 21.5. The van der Waals surface area contributed by atoms with E-state index in [0.29, 0.717) is 13.0 Å². The molecule has 5 nitrogen and oxygen atoms in total. The van der Waals surface area contributed by atoms with Crippen molar-refractivity contribution in [3.05, 3.63) is 9.67 Å². The molecule has 0 radical (unpaired) electrons. The van der Waals surface area contributed by atoms with Crippen LogP contribution in [0.25, 0.3) is 0 Å². The van der Waals surface area contributed by atoms with Crippen molar-refractivity contribution in [1.82, 2.24) is 0 Å².